The van der Waals surface area contributed by atoms with Crippen molar-refractivity contribution in [1.29, 1.82) is 0 Å². The number of benzene rings is 2. The zero-order valence-corrected chi connectivity index (χ0v) is 18.2. The number of ketones is 1. The Balaban J connectivity index is 1.76. The molecule has 0 bridgehead atoms. The topological polar surface area (TPSA) is 88.4 Å². The SMILES string of the molecule is Cc1ccc(C(=O)c2ccc(Cc3ccc(NS(=O)(=O)CCCO)cc3F)n2C)cc1. The Morgan fingerprint density at radius 3 is 2.45 bits per heavy atom. The zero-order chi connectivity index (χ0) is 22.6. The van der Waals surface area contributed by atoms with Gasteiger partial charge in [-0.3, -0.25) is 9.52 Å². The van der Waals surface area contributed by atoms with Crippen LogP contribution in [-0.2, 0) is 23.5 Å². The highest BCUT2D eigenvalue weighted by Crippen LogP contribution is 2.21. The smallest absolute Gasteiger partial charge is 0.232 e. The van der Waals surface area contributed by atoms with Crippen LogP contribution in [0.15, 0.2) is 54.6 Å². The number of aromatic nitrogens is 1. The molecule has 0 unspecified atom stereocenters. The van der Waals surface area contributed by atoms with Gasteiger partial charge in [0.05, 0.1) is 17.1 Å². The number of carbonyl (C=O) groups is 1. The molecule has 0 aliphatic heterocycles. The van der Waals surface area contributed by atoms with E-state index in [9.17, 15) is 17.6 Å². The van der Waals surface area contributed by atoms with E-state index in [1.807, 2.05) is 19.1 Å². The van der Waals surface area contributed by atoms with E-state index >= 15 is 0 Å². The number of aliphatic hydroxyl groups excluding tert-OH is 1. The molecule has 0 aliphatic carbocycles. The van der Waals surface area contributed by atoms with Gasteiger partial charge in [-0.1, -0.05) is 35.9 Å². The highest BCUT2D eigenvalue weighted by atomic mass is 32.2. The number of rotatable bonds is 9. The van der Waals surface area contributed by atoms with Gasteiger partial charge in [0.1, 0.15) is 5.82 Å². The van der Waals surface area contributed by atoms with Crippen LogP contribution in [0.4, 0.5) is 10.1 Å². The van der Waals surface area contributed by atoms with E-state index < -0.39 is 15.8 Å². The maximum Gasteiger partial charge on any atom is 0.232 e. The summed E-state index contributed by atoms with van der Waals surface area (Å²) in [4.78, 5) is 12.8. The maximum atomic E-state index is 14.6. The Morgan fingerprint density at radius 1 is 1.10 bits per heavy atom. The van der Waals surface area contributed by atoms with Gasteiger partial charge in [-0.25, -0.2) is 12.8 Å². The summed E-state index contributed by atoms with van der Waals surface area (Å²) in [5.74, 6) is -0.898. The molecule has 164 valence electrons. The van der Waals surface area contributed by atoms with Gasteiger partial charge in [0.25, 0.3) is 0 Å². The van der Waals surface area contributed by atoms with Crippen LogP contribution in [0.5, 0.6) is 0 Å². The highest BCUT2D eigenvalue weighted by molar-refractivity contribution is 7.92. The fourth-order valence-corrected chi connectivity index (χ4v) is 4.34. The third kappa shape index (κ3) is 5.59. The van der Waals surface area contributed by atoms with Crippen LogP contribution in [-0.4, -0.2) is 36.2 Å². The second-order valence-electron chi connectivity index (χ2n) is 7.45. The molecule has 0 aliphatic rings. The van der Waals surface area contributed by atoms with E-state index in [1.54, 1.807) is 35.9 Å². The van der Waals surface area contributed by atoms with Gasteiger partial charge in [-0.2, -0.15) is 0 Å². The van der Waals surface area contributed by atoms with E-state index in [1.165, 1.54) is 12.1 Å². The normalized spacial score (nSPS) is 11.5. The van der Waals surface area contributed by atoms with Gasteiger partial charge in [-0.05, 0) is 43.2 Å². The number of anilines is 1. The third-order valence-corrected chi connectivity index (χ3v) is 6.41. The lowest BCUT2D eigenvalue weighted by molar-refractivity contribution is 0.103. The van der Waals surface area contributed by atoms with Crippen molar-refractivity contribution in [1.82, 2.24) is 4.57 Å². The third-order valence-electron chi connectivity index (χ3n) is 5.04. The zero-order valence-electron chi connectivity index (χ0n) is 17.4. The number of carbonyl (C=O) groups excluding carboxylic acids is 1. The Hall–Kier alpha value is -2.97. The van der Waals surface area contributed by atoms with E-state index in [0.717, 1.165) is 17.3 Å². The molecule has 0 saturated carbocycles. The Bertz CT molecular complexity index is 1180. The average Bonchev–Trinajstić information content (AvgIpc) is 3.08. The maximum absolute atomic E-state index is 14.6. The molecule has 8 heteroatoms. The number of aryl methyl sites for hydroxylation is 1. The van der Waals surface area contributed by atoms with E-state index in [-0.39, 0.29) is 36.7 Å². The molecule has 3 rings (SSSR count). The summed E-state index contributed by atoms with van der Waals surface area (Å²) in [5, 5.41) is 8.78. The van der Waals surface area contributed by atoms with Crippen LogP contribution in [0.1, 0.15) is 39.3 Å². The molecule has 3 aromatic rings. The van der Waals surface area contributed by atoms with E-state index in [2.05, 4.69) is 4.72 Å². The number of hydrogen-bond acceptors (Lipinski definition) is 4. The molecule has 0 spiro atoms. The molecular formula is C23H25FN2O4S. The van der Waals surface area contributed by atoms with Crippen LogP contribution in [0.3, 0.4) is 0 Å². The average molecular weight is 445 g/mol. The summed E-state index contributed by atoms with van der Waals surface area (Å²) in [5.41, 5.74) is 3.43. The summed E-state index contributed by atoms with van der Waals surface area (Å²) in [6, 6.07) is 15.0. The molecular weight excluding hydrogens is 419 g/mol. The van der Waals surface area contributed by atoms with Crippen LogP contribution >= 0.6 is 0 Å². The van der Waals surface area contributed by atoms with Crippen LogP contribution in [0.25, 0.3) is 0 Å². The molecule has 0 atom stereocenters. The fraction of sp³-hybridized carbons (Fsp3) is 0.261. The summed E-state index contributed by atoms with van der Waals surface area (Å²) in [6.45, 7) is 1.72. The minimum absolute atomic E-state index is 0.104. The molecule has 2 aromatic carbocycles. The van der Waals surface area contributed by atoms with Crippen LogP contribution in [0.2, 0.25) is 0 Å². The van der Waals surface area contributed by atoms with Gasteiger partial charge in [0.2, 0.25) is 15.8 Å². The fourth-order valence-electron chi connectivity index (χ4n) is 3.25. The summed E-state index contributed by atoms with van der Waals surface area (Å²) in [7, 11) is -1.88. The Kier molecular flexibility index (Phi) is 6.92. The number of halogens is 1. The first kappa shape index (κ1) is 22.7. The van der Waals surface area contributed by atoms with Gasteiger partial charge in [0.15, 0.2) is 0 Å². The van der Waals surface area contributed by atoms with Crippen LogP contribution < -0.4 is 4.72 Å². The molecule has 0 radical (unpaired) electrons. The predicted molar refractivity (Wildman–Crippen MR) is 118 cm³/mol. The quantitative estimate of drug-likeness (QED) is 0.495. The van der Waals surface area contributed by atoms with Crippen molar-refractivity contribution in [2.75, 3.05) is 17.1 Å². The second kappa shape index (κ2) is 9.45. The lowest BCUT2D eigenvalue weighted by atomic mass is 10.1. The number of nitrogens with one attached hydrogen (secondary N) is 1. The van der Waals surface area contributed by atoms with Gasteiger partial charge in [-0.15, -0.1) is 0 Å². The predicted octanol–water partition coefficient (Wildman–Crippen LogP) is 3.42. The summed E-state index contributed by atoms with van der Waals surface area (Å²) >= 11 is 0. The number of aliphatic hydroxyl groups is 1. The first-order valence-electron chi connectivity index (χ1n) is 9.86. The van der Waals surface area contributed by atoms with E-state index in [4.69, 9.17) is 5.11 Å². The standard InChI is InChI=1S/C23H25FN2O4S/c1-16-4-6-17(7-5-16)23(28)22-11-10-20(26(22)2)14-18-8-9-19(15-21(18)24)25-31(29,30)13-3-12-27/h4-11,15,25,27H,3,12-14H2,1-2H3. The van der Waals surface area contributed by atoms with Gasteiger partial charge < -0.3 is 9.67 Å². The first-order chi connectivity index (χ1) is 14.7. The second-order valence-corrected chi connectivity index (χ2v) is 9.29. The Morgan fingerprint density at radius 2 is 1.81 bits per heavy atom. The lowest BCUT2D eigenvalue weighted by Gasteiger charge is -2.11. The van der Waals surface area contributed by atoms with Crippen molar-refractivity contribution in [3.8, 4) is 0 Å². The van der Waals surface area contributed by atoms with Crippen LogP contribution in [0, 0.1) is 12.7 Å². The molecule has 2 N–H and O–H groups in total. The molecule has 1 heterocycles. The number of nitrogens with zero attached hydrogens (tertiary/aromatic N) is 1. The minimum atomic E-state index is -3.65. The largest absolute Gasteiger partial charge is 0.396 e. The molecule has 0 fully saturated rings. The van der Waals surface area contributed by atoms with Crippen molar-refractivity contribution >= 4 is 21.5 Å². The summed E-state index contributed by atoms with van der Waals surface area (Å²) < 4.78 is 42.5. The molecule has 6 nitrogen and oxygen atoms in total. The lowest BCUT2D eigenvalue weighted by Crippen LogP contribution is -2.17. The first-order valence-corrected chi connectivity index (χ1v) is 11.5. The van der Waals surface area contributed by atoms with Crippen molar-refractivity contribution < 1.29 is 22.7 Å². The highest BCUT2D eigenvalue weighted by Gasteiger charge is 2.16. The Labute approximate surface area is 181 Å². The number of hydrogen-bond donors (Lipinski definition) is 2. The molecule has 0 saturated heterocycles. The van der Waals surface area contributed by atoms with E-state index in [0.29, 0.717) is 16.8 Å². The molecule has 31 heavy (non-hydrogen) atoms. The van der Waals surface area contributed by atoms with Gasteiger partial charge >= 0.3 is 0 Å². The minimum Gasteiger partial charge on any atom is -0.396 e. The van der Waals surface area contributed by atoms with Crippen molar-refractivity contribution in [2.45, 2.75) is 19.8 Å². The molecule has 0 amide bonds. The van der Waals surface area contributed by atoms with Gasteiger partial charge in [0, 0.05) is 31.3 Å². The van der Waals surface area contributed by atoms with Crippen molar-refractivity contribution in [3.63, 3.8) is 0 Å². The molecule has 1 aromatic heterocycles. The van der Waals surface area contributed by atoms with Crippen molar-refractivity contribution in [3.05, 3.63) is 88.5 Å². The summed E-state index contributed by atoms with van der Waals surface area (Å²) in [6.07, 6.45) is 0.355. The number of sulfonamides is 1. The van der Waals surface area contributed by atoms with Crippen molar-refractivity contribution in [2.24, 2.45) is 7.05 Å². The monoisotopic (exact) mass is 444 g/mol.